The van der Waals surface area contributed by atoms with E-state index in [-0.39, 0.29) is 12.1 Å². The normalized spacial score (nSPS) is 19.1. The van der Waals surface area contributed by atoms with Crippen LogP contribution in [-0.4, -0.2) is 20.3 Å². The molecule has 4 heteroatoms. The minimum Gasteiger partial charge on any atom is -0.379 e. The van der Waals surface area contributed by atoms with Gasteiger partial charge in [0.1, 0.15) is 0 Å². The lowest BCUT2D eigenvalue weighted by atomic mass is 9.98. The summed E-state index contributed by atoms with van der Waals surface area (Å²) in [7, 11) is 3.68. The van der Waals surface area contributed by atoms with Crippen LogP contribution in [0.2, 0.25) is 10.0 Å². The lowest BCUT2D eigenvalue weighted by Crippen LogP contribution is -2.32. The van der Waals surface area contributed by atoms with E-state index in [2.05, 4.69) is 5.32 Å². The van der Waals surface area contributed by atoms with E-state index in [1.807, 2.05) is 19.2 Å². The lowest BCUT2D eigenvalue weighted by molar-refractivity contribution is 0.0531. The highest BCUT2D eigenvalue weighted by molar-refractivity contribution is 6.42. The Morgan fingerprint density at radius 1 is 1.35 bits per heavy atom. The summed E-state index contributed by atoms with van der Waals surface area (Å²) in [5, 5.41) is 4.50. The van der Waals surface area contributed by atoms with Gasteiger partial charge in [-0.05, 0) is 37.4 Å². The largest absolute Gasteiger partial charge is 0.379 e. The Bertz CT molecular complexity index is 393. The van der Waals surface area contributed by atoms with E-state index in [9.17, 15) is 0 Å². The third kappa shape index (κ3) is 2.76. The van der Waals surface area contributed by atoms with Crippen molar-refractivity contribution in [1.82, 2.24) is 5.32 Å². The van der Waals surface area contributed by atoms with Crippen LogP contribution in [0.15, 0.2) is 18.2 Å². The van der Waals surface area contributed by atoms with Crippen molar-refractivity contribution >= 4 is 23.2 Å². The maximum Gasteiger partial charge on any atom is 0.0794 e. The summed E-state index contributed by atoms with van der Waals surface area (Å²) in [6.07, 6.45) is 2.62. The SMILES string of the molecule is CNC(c1cccc(Cl)c1Cl)C(OC)C1CC1. The molecule has 1 saturated carbocycles. The molecule has 94 valence electrons. The molecule has 0 saturated heterocycles. The van der Waals surface area contributed by atoms with Gasteiger partial charge in [-0.1, -0.05) is 35.3 Å². The topological polar surface area (TPSA) is 21.3 Å². The molecule has 2 nitrogen and oxygen atoms in total. The van der Waals surface area contributed by atoms with Crippen molar-refractivity contribution in [3.63, 3.8) is 0 Å². The zero-order valence-corrected chi connectivity index (χ0v) is 11.6. The number of hydrogen-bond donors (Lipinski definition) is 1. The van der Waals surface area contributed by atoms with Crippen LogP contribution >= 0.6 is 23.2 Å². The number of ether oxygens (including phenoxy) is 1. The highest BCUT2D eigenvalue weighted by Crippen LogP contribution is 2.41. The first kappa shape index (κ1) is 13.2. The molecule has 0 aliphatic heterocycles. The number of hydrogen-bond acceptors (Lipinski definition) is 2. The lowest BCUT2D eigenvalue weighted by Gasteiger charge is -2.27. The standard InChI is InChI=1S/C13H17Cl2NO/c1-16-12(13(17-2)8-6-7-8)9-4-3-5-10(14)11(9)15/h3-5,8,12-13,16H,6-7H2,1-2H3. The van der Waals surface area contributed by atoms with Crippen molar-refractivity contribution in [2.45, 2.75) is 25.0 Å². The smallest absolute Gasteiger partial charge is 0.0794 e. The molecule has 2 atom stereocenters. The van der Waals surface area contributed by atoms with Crippen LogP contribution in [0.4, 0.5) is 0 Å². The van der Waals surface area contributed by atoms with Crippen molar-refractivity contribution in [1.29, 1.82) is 0 Å². The average molecular weight is 274 g/mol. The molecule has 0 aromatic heterocycles. The summed E-state index contributed by atoms with van der Waals surface area (Å²) >= 11 is 12.3. The van der Waals surface area contributed by atoms with E-state index in [4.69, 9.17) is 27.9 Å². The predicted octanol–water partition coefficient (Wildman–Crippen LogP) is 3.68. The fraction of sp³-hybridized carbons (Fsp3) is 0.538. The number of halogens is 2. The first-order chi connectivity index (χ1) is 8.19. The Morgan fingerprint density at radius 3 is 2.59 bits per heavy atom. The van der Waals surface area contributed by atoms with Gasteiger partial charge in [-0.2, -0.15) is 0 Å². The van der Waals surface area contributed by atoms with Gasteiger partial charge in [0, 0.05) is 7.11 Å². The molecule has 1 fully saturated rings. The molecule has 1 aliphatic rings. The van der Waals surface area contributed by atoms with Crippen LogP contribution in [0.3, 0.4) is 0 Å². The summed E-state index contributed by atoms with van der Waals surface area (Å²) in [5.41, 5.74) is 1.01. The van der Waals surface area contributed by atoms with E-state index < -0.39 is 0 Å². The van der Waals surface area contributed by atoms with Gasteiger partial charge in [-0.15, -0.1) is 0 Å². The number of nitrogens with one attached hydrogen (secondary N) is 1. The maximum atomic E-state index is 6.27. The molecule has 0 heterocycles. The van der Waals surface area contributed by atoms with Gasteiger partial charge in [0.2, 0.25) is 0 Å². The highest BCUT2D eigenvalue weighted by atomic mass is 35.5. The maximum absolute atomic E-state index is 6.27. The zero-order chi connectivity index (χ0) is 12.4. The fourth-order valence-corrected chi connectivity index (χ4v) is 2.71. The van der Waals surface area contributed by atoms with Gasteiger partial charge < -0.3 is 10.1 Å². The van der Waals surface area contributed by atoms with E-state index in [0.29, 0.717) is 16.0 Å². The van der Waals surface area contributed by atoms with Gasteiger partial charge in [0.25, 0.3) is 0 Å². The van der Waals surface area contributed by atoms with Gasteiger partial charge >= 0.3 is 0 Å². The molecule has 1 aliphatic carbocycles. The monoisotopic (exact) mass is 273 g/mol. The van der Waals surface area contributed by atoms with Crippen molar-refractivity contribution in [2.75, 3.05) is 14.2 Å². The predicted molar refractivity (Wildman–Crippen MR) is 71.8 cm³/mol. The molecule has 2 unspecified atom stereocenters. The Morgan fingerprint density at radius 2 is 2.06 bits per heavy atom. The highest BCUT2D eigenvalue weighted by Gasteiger charge is 2.37. The van der Waals surface area contributed by atoms with Crippen molar-refractivity contribution in [3.05, 3.63) is 33.8 Å². The Balaban J connectivity index is 2.30. The van der Waals surface area contributed by atoms with Crippen LogP contribution in [0.25, 0.3) is 0 Å². The van der Waals surface area contributed by atoms with Gasteiger partial charge in [0.05, 0.1) is 22.2 Å². The molecule has 2 rings (SSSR count). The molecule has 0 bridgehead atoms. The number of methoxy groups -OCH3 is 1. The van der Waals surface area contributed by atoms with Crippen LogP contribution < -0.4 is 5.32 Å². The number of likely N-dealkylation sites (N-methyl/N-ethyl adjacent to an activating group) is 1. The van der Waals surface area contributed by atoms with E-state index in [0.717, 1.165) is 5.56 Å². The first-order valence-corrected chi connectivity index (χ1v) is 6.58. The van der Waals surface area contributed by atoms with Crippen LogP contribution in [-0.2, 0) is 4.74 Å². The molecule has 0 spiro atoms. The Hall–Kier alpha value is -0.280. The number of rotatable bonds is 5. The Labute approximate surface area is 112 Å². The van der Waals surface area contributed by atoms with Crippen molar-refractivity contribution in [2.24, 2.45) is 5.92 Å². The quantitative estimate of drug-likeness (QED) is 0.884. The summed E-state index contributed by atoms with van der Waals surface area (Å²) in [6, 6.07) is 5.83. The molecule has 1 aromatic carbocycles. The molecule has 17 heavy (non-hydrogen) atoms. The second kappa shape index (κ2) is 5.57. The van der Waals surface area contributed by atoms with E-state index >= 15 is 0 Å². The van der Waals surface area contributed by atoms with Crippen LogP contribution in [0.5, 0.6) is 0 Å². The molecular weight excluding hydrogens is 257 g/mol. The second-order valence-electron chi connectivity index (χ2n) is 4.45. The third-order valence-corrected chi connectivity index (χ3v) is 4.15. The summed E-state index contributed by atoms with van der Waals surface area (Å²) in [5.74, 6) is 0.632. The molecule has 1 aromatic rings. The van der Waals surface area contributed by atoms with Crippen LogP contribution in [0, 0.1) is 5.92 Å². The van der Waals surface area contributed by atoms with Crippen LogP contribution in [0.1, 0.15) is 24.4 Å². The van der Waals surface area contributed by atoms with Crippen molar-refractivity contribution < 1.29 is 4.74 Å². The van der Waals surface area contributed by atoms with Gasteiger partial charge in [-0.25, -0.2) is 0 Å². The first-order valence-electron chi connectivity index (χ1n) is 5.83. The summed E-state index contributed by atoms with van der Waals surface area (Å²) in [6.45, 7) is 0. The van der Waals surface area contributed by atoms with Gasteiger partial charge in [0.15, 0.2) is 0 Å². The Kier molecular flexibility index (Phi) is 4.31. The fourth-order valence-electron chi connectivity index (χ4n) is 2.28. The number of benzene rings is 1. The molecule has 0 amide bonds. The zero-order valence-electron chi connectivity index (χ0n) is 10.0. The molecule has 1 N–H and O–H groups in total. The molecular formula is C13H17Cl2NO. The minimum atomic E-state index is 0.0960. The summed E-state index contributed by atoms with van der Waals surface area (Å²) < 4.78 is 5.61. The summed E-state index contributed by atoms with van der Waals surface area (Å²) in [4.78, 5) is 0. The second-order valence-corrected chi connectivity index (χ2v) is 5.23. The molecule has 0 radical (unpaired) electrons. The van der Waals surface area contributed by atoms with E-state index in [1.54, 1.807) is 13.2 Å². The average Bonchev–Trinajstić information content (AvgIpc) is 3.14. The minimum absolute atomic E-state index is 0.0960. The van der Waals surface area contributed by atoms with E-state index in [1.165, 1.54) is 12.8 Å². The third-order valence-electron chi connectivity index (χ3n) is 3.31. The van der Waals surface area contributed by atoms with Crippen molar-refractivity contribution in [3.8, 4) is 0 Å². The van der Waals surface area contributed by atoms with Gasteiger partial charge in [-0.3, -0.25) is 0 Å².